The molecule has 2 aromatic carbocycles. The number of rotatable bonds is 4. The van der Waals surface area contributed by atoms with E-state index in [1.807, 2.05) is 32.9 Å². The zero-order valence-corrected chi connectivity index (χ0v) is 20.7. The number of ether oxygens (including phenoxy) is 2. The van der Waals surface area contributed by atoms with Crippen LogP contribution in [-0.2, 0) is 6.61 Å². The van der Waals surface area contributed by atoms with Gasteiger partial charge in [-0.05, 0) is 45.0 Å². The highest BCUT2D eigenvalue weighted by Crippen LogP contribution is 2.44. The summed E-state index contributed by atoms with van der Waals surface area (Å²) < 4.78 is 13.2. The molecule has 0 bridgehead atoms. The fraction of sp³-hybridized carbons (Fsp3) is 0.280. The van der Waals surface area contributed by atoms with Gasteiger partial charge >= 0.3 is 0 Å². The van der Waals surface area contributed by atoms with Crippen molar-refractivity contribution in [2.45, 2.75) is 32.9 Å². The van der Waals surface area contributed by atoms with E-state index in [1.165, 1.54) is 0 Å². The highest BCUT2D eigenvalue weighted by atomic mass is 35.5. The standard InChI is InChI=1S/C25H25Cl2N3O3/c1-7-14-8-18-21(12-20(14)32-6)33-13-19-22(24(31)29(5)25(2,3)4)28-30(23(18)19)17-10-15(26)9-16(27)11-17/h7-12H,1,13H2,2-6H3. The highest BCUT2D eigenvalue weighted by molar-refractivity contribution is 6.34. The minimum absolute atomic E-state index is 0.187. The summed E-state index contributed by atoms with van der Waals surface area (Å²) in [6.45, 7) is 9.99. The van der Waals surface area contributed by atoms with Crippen LogP contribution in [0.4, 0.5) is 0 Å². The van der Waals surface area contributed by atoms with Crippen LogP contribution >= 0.6 is 23.2 Å². The van der Waals surface area contributed by atoms with Crippen LogP contribution in [-0.4, -0.2) is 40.3 Å². The van der Waals surface area contributed by atoms with E-state index >= 15 is 0 Å². The van der Waals surface area contributed by atoms with Crippen molar-refractivity contribution < 1.29 is 14.3 Å². The molecular weight excluding hydrogens is 461 g/mol. The summed E-state index contributed by atoms with van der Waals surface area (Å²) >= 11 is 12.6. The summed E-state index contributed by atoms with van der Waals surface area (Å²) in [7, 11) is 3.36. The maximum atomic E-state index is 13.5. The van der Waals surface area contributed by atoms with Crippen LogP contribution in [0.15, 0.2) is 36.9 Å². The van der Waals surface area contributed by atoms with Crippen molar-refractivity contribution in [2.75, 3.05) is 14.2 Å². The van der Waals surface area contributed by atoms with Crippen molar-refractivity contribution >= 4 is 35.2 Å². The van der Waals surface area contributed by atoms with E-state index < -0.39 is 0 Å². The average Bonchev–Trinajstić information content (AvgIpc) is 3.15. The molecule has 0 aliphatic carbocycles. The van der Waals surface area contributed by atoms with Crippen LogP contribution in [0.2, 0.25) is 10.0 Å². The number of aromatic nitrogens is 2. The van der Waals surface area contributed by atoms with E-state index in [0.717, 1.165) is 16.8 Å². The van der Waals surface area contributed by atoms with Gasteiger partial charge in [0, 0.05) is 45.4 Å². The minimum atomic E-state index is -0.385. The Morgan fingerprint density at radius 1 is 1.21 bits per heavy atom. The van der Waals surface area contributed by atoms with Crippen molar-refractivity contribution in [2.24, 2.45) is 0 Å². The second kappa shape index (κ2) is 8.43. The second-order valence-corrected chi connectivity index (χ2v) is 9.71. The van der Waals surface area contributed by atoms with Crippen molar-refractivity contribution in [3.63, 3.8) is 0 Å². The van der Waals surface area contributed by atoms with Gasteiger partial charge < -0.3 is 14.4 Å². The first-order valence-corrected chi connectivity index (χ1v) is 11.1. The molecule has 0 atom stereocenters. The number of hydrogen-bond acceptors (Lipinski definition) is 4. The smallest absolute Gasteiger partial charge is 0.274 e. The molecule has 0 N–H and O–H groups in total. The van der Waals surface area contributed by atoms with Crippen molar-refractivity contribution in [3.05, 3.63) is 63.8 Å². The SMILES string of the molecule is C=Cc1cc2c(cc1OC)OCc1c(C(=O)N(C)C(C)(C)C)nn(-c3cc(Cl)cc(Cl)c3)c1-2. The molecule has 33 heavy (non-hydrogen) atoms. The number of carbonyl (C=O) groups is 1. The number of fused-ring (bicyclic) bond motifs is 3. The monoisotopic (exact) mass is 485 g/mol. The molecule has 3 aromatic rings. The van der Waals surface area contributed by atoms with Gasteiger partial charge in [0.05, 0.1) is 18.5 Å². The molecular formula is C25H25Cl2N3O3. The van der Waals surface area contributed by atoms with Crippen molar-refractivity contribution in [1.82, 2.24) is 14.7 Å². The van der Waals surface area contributed by atoms with Crippen LogP contribution in [0, 0.1) is 0 Å². The van der Waals surface area contributed by atoms with E-state index in [1.54, 1.807) is 48.0 Å². The molecule has 1 aromatic heterocycles. The molecule has 4 rings (SSSR count). The third-order valence-electron chi connectivity index (χ3n) is 5.77. The van der Waals surface area contributed by atoms with E-state index in [2.05, 4.69) is 6.58 Å². The number of benzene rings is 2. The first-order valence-electron chi connectivity index (χ1n) is 10.4. The van der Waals surface area contributed by atoms with Gasteiger partial charge in [0.2, 0.25) is 0 Å². The summed E-state index contributed by atoms with van der Waals surface area (Å²) in [5.41, 5.74) is 3.58. The maximum absolute atomic E-state index is 13.5. The van der Waals surface area contributed by atoms with Gasteiger partial charge in [0.1, 0.15) is 18.1 Å². The molecule has 2 heterocycles. The van der Waals surface area contributed by atoms with Gasteiger partial charge in [-0.25, -0.2) is 4.68 Å². The van der Waals surface area contributed by atoms with E-state index in [4.69, 9.17) is 37.8 Å². The molecule has 0 fully saturated rings. The van der Waals surface area contributed by atoms with Crippen molar-refractivity contribution in [1.29, 1.82) is 0 Å². The first-order chi connectivity index (χ1) is 15.5. The molecule has 1 aliphatic heterocycles. The Kier molecular flexibility index (Phi) is 5.93. The fourth-order valence-electron chi connectivity index (χ4n) is 3.72. The summed E-state index contributed by atoms with van der Waals surface area (Å²) in [5.74, 6) is 1.07. The normalized spacial score (nSPS) is 12.5. The van der Waals surface area contributed by atoms with Gasteiger partial charge in [-0.3, -0.25) is 4.79 Å². The number of hydrogen-bond donors (Lipinski definition) is 0. The number of carbonyl (C=O) groups excluding carboxylic acids is 1. The number of amides is 1. The molecule has 1 amide bonds. The Morgan fingerprint density at radius 2 is 1.88 bits per heavy atom. The van der Waals surface area contributed by atoms with Crippen LogP contribution in [0.25, 0.3) is 23.0 Å². The quantitative estimate of drug-likeness (QED) is 0.437. The summed E-state index contributed by atoms with van der Waals surface area (Å²) in [6, 6.07) is 8.91. The Hall–Kier alpha value is -2.96. The maximum Gasteiger partial charge on any atom is 0.274 e. The number of halogens is 2. The van der Waals surface area contributed by atoms with Crippen molar-refractivity contribution in [3.8, 4) is 28.4 Å². The third kappa shape index (κ3) is 4.09. The fourth-order valence-corrected chi connectivity index (χ4v) is 4.23. The third-order valence-corrected chi connectivity index (χ3v) is 6.20. The molecule has 6 nitrogen and oxygen atoms in total. The minimum Gasteiger partial charge on any atom is -0.496 e. The number of methoxy groups -OCH3 is 1. The lowest BCUT2D eigenvalue weighted by Gasteiger charge is -2.31. The van der Waals surface area contributed by atoms with Gasteiger partial charge in [-0.1, -0.05) is 35.9 Å². The molecule has 0 saturated heterocycles. The van der Waals surface area contributed by atoms with Crippen LogP contribution in [0.5, 0.6) is 11.5 Å². The predicted molar refractivity (Wildman–Crippen MR) is 132 cm³/mol. The Balaban J connectivity index is 2.02. The summed E-state index contributed by atoms with van der Waals surface area (Å²) in [5, 5.41) is 5.68. The summed E-state index contributed by atoms with van der Waals surface area (Å²) in [6.07, 6.45) is 1.71. The van der Waals surface area contributed by atoms with E-state index in [0.29, 0.717) is 38.5 Å². The largest absolute Gasteiger partial charge is 0.496 e. The second-order valence-electron chi connectivity index (χ2n) is 8.83. The molecule has 0 spiro atoms. The highest BCUT2D eigenvalue weighted by Gasteiger charge is 2.34. The topological polar surface area (TPSA) is 56.6 Å². The molecule has 0 unspecified atom stereocenters. The average molecular weight is 486 g/mol. The summed E-state index contributed by atoms with van der Waals surface area (Å²) in [4.78, 5) is 15.2. The number of nitrogens with zero attached hydrogens (tertiary/aromatic N) is 3. The van der Waals surface area contributed by atoms with E-state index in [-0.39, 0.29) is 18.1 Å². The lowest BCUT2D eigenvalue weighted by atomic mass is 9.98. The first kappa shape index (κ1) is 23.2. The lowest BCUT2D eigenvalue weighted by Crippen LogP contribution is -2.43. The Bertz CT molecular complexity index is 1250. The molecule has 8 heteroatoms. The van der Waals surface area contributed by atoms with Crippen LogP contribution < -0.4 is 9.47 Å². The molecule has 0 radical (unpaired) electrons. The van der Waals surface area contributed by atoms with E-state index in [9.17, 15) is 4.79 Å². The predicted octanol–water partition coefficient (Wildman–Crippen LogP) is 6.26. The van der Waals surface area contributed by atoms with Gasteiger partial charge in [0.25, 0.3) is 5.91 Å². The lowest BCUT2D eigenvalue weighted by molar-refractivity contribution is 0.0646. The van der Waals surface area contributed by atoms with Gasteiger partial charge in [0.15, 0.2) is 5.69 Å². The van der Waals surface area contributed by atoms with Gasteiger partial charge in [-0.2, -0.15) is 5.10 Å². The molecule has 0 saturated carbocycles. The Labute approximate surface area is 203 Å². The van der Waals surface area contributed by atoms with Crippen LogP contribution in [0.3, 0.4) is 0 Å². The van der Waals surface area contributed by atoms with Crippen LogP contribution in [0.1, 0.15) is 42.4 Å². The zero-order valence-electron chi connectivity index (χ0n) is 19.2. The zero-order chi connectivity index (χ0) is 24.1. The molecule has 172 valence electrons. The van der Waals surface area contributed by atoms with Gasteiger partial charge in [-0.15, -0.1) is 0 Å². The molecule has 1 aliphatic rings. The Morgan fingerprint density at radius 3 is 2.45 bits per heavy atom.